The van der Waals surface area contributed by atoms with Crippen molar-refractivity contribution in [2.45, 2.75) is 89.1 Å². The number of quaternary nitrogens is 2. The molecule has 360 valence electrons. The number of carbonyl (C=O) groups is 1. The number of hydrogen-bond donors (Lipinski definition) is 0. The third-order valence-electron chi connectivity index (χ3n) is 14.5. The Morgan fingerprint density at radius 2 is 0.848 bits per heavy atom. The maximum absolute atomic E-state index is 13.2. The monoisotopic (exact) mass is 913 g/mol. The van der Waals surface area contributed by atoms with E-state index >= 15 is 0 Å². The lowest BCUT2D eigenvalue weighted by molar-refractivity contribution is -0.941. The Bertz CT molecular complexity index is 2230. The first kappa shape index (κ1) is 50.1. The summed E-state index contributed by atoms with van der Waals surface area (Å²) in [6.45, 7) is 4.20. The van der Waals surface area contributed by atoms with Gasteiger partial charge in [-0.25, -0.2) is 0 Å². The summed E-state index contributed by atoms with van der Waals surface area (Å²) in [5.41, 5.74) is 7.49. The van der Waals surface area contributed by atoms with Gasteiger partial charge in [-0.1, -0.05) is 37.8 Å². The second-order valence-corrected chi connectivity index (χ2v) is 18.4. The van der Waals surface area contributed by atoms with Gasteiger partial charge in [0.05, 0.1) is 110 Å². The van der Waals surface area contributed by atoms with E-state index < -0.39 is 0 Å². The number of ether oxygens (including phenoxy) is 9. The van der Waals surface area contributed by atoms with E-state index in [1.807, 2.05) is 12.1 Å². The van der Waals surface area contributed by atoms with E-state index in [0.717, 1.165) is 103 Å². The van der Waals surface area contributed by atoms with Crippen LogP contribution < -0.4 is 37.9 Å². The highest BCUT2D eigenvalue weighted by Crippen LogP contribution is 2.45. The lowest BCUT2D eigenvalue weighted by Crippen LogP contribution is -2.53. The van der Waals surface area contributed by atoms with Gasteiger partial charge in [0.15, 0.2) is 46.0 Å². The average Bonchev–Trinajstić information content (AvgIpc) is 3.34. The fraction of sp³-hybridized carbons (Fsp3) is 0.537. The van der Waals surface area contributed by atoms with Gasteiger partial charge in [0.1, 0.15) is 12.1 Å². The van der Waals surface area contributed by atoms with E-state index in [2.05, 4.69) is 62.6 Å². The summed E-state index contributed by atoms with van der Waals surface area (Å²) in [7, 11) is 18.1. The fourth-order valence-corrected chi connectivity index (χ4v) is 10.4. The van der Waals surface area contributed by atoms with Crippen LogP contribution in [-0.4, -0.2) is 119 Å². The molecule has 0 fully saturated rings. The van der Waals surface area contributed by atoms with E-state index in [1.165, 1.54) is 53.5 Å². The second-order valence-electron chi connectivity index (χ2n) is 18.4. The number of rotatable bonds is 25. The van der Waals surface area contributed by atoms with Crippen LogP contribution in [0.1, 0.15) is 96.8 Å². The number of esters is 1. The number of likely N-dealkylation sites (N-methyl/N-ethyl adjacent to an activating group) is 2. The minimum Gasteiger partial charge on any atom is -0.493 e. The third kappa shape index (κ3) is 11.8. The van der Waals surface area contributed by atoms with Crippen molar-refractivity contribution in [2.75, 3.05) is 104 Å². The number of fused-ring (bicyclic) bond motifs is 2. The molecule has 0 spiro atoms. The molecule has 66 heavy (non-hydrogen) atoms. The predicted octanol–water partition coefficient (Wildman–Crippen LogP) is 9.69. The Labute approximate surface area is 394 Å². The molecule has 2 heterocycles. The zero-order valence-corrected chi connectivity index (χ0v) is 41.4. The van der Waals surface area contributed by atoms with Crippen LogP contribution in [-0.2, 0) is 35.2 Å². The molecule has 0 N–H and O–H groups in total. The van der Waals surface area contributed by atoms with Crippen molar-refractivity contribution in [2.24, 2.45) is 0 Å². The van der Waals surface area contributed by atoms with Gasteiger partial charge in [0, 0.05) is 36.8 Å². The quantitative estimate of drug-likeness (QED) is 0.0363. The molecule has 2 aliphatic heterocycles. The van der Waals surface area contributed by atoms with E-state index in [0.29, 0.717) is 41.3 Å². The molecular weight excluding hydrogens is 837 g/mol. The van der Waals surface area contributed by atoms with E-state index in [-0.39, 0.29) is 18.1 Å². The Kier molecular flexibility index (Phi) is 17.8. The molecule has 4 aromatic carbocycles. The normalized spacial score (nSPS) is 19.8. The third-order valence-corrected chi connectivity index (χ3v) is 14.5. The number of benzene rings is 4. The standard InChI is InChI=1S/C54H76N2O10/c1-55(26-22-40-34-50(62-7)52(64-9)36-42(40)44(55)30-38-18-20-46(58-3)48(32-38)60-5)25-16-14-12-11-13-15-17-29-66-54(57)24-28-56(2)27-23-41-35-51(63-8)53(65-10)37-43(41)45(56)31-39-19-21-47(59-4)49(33-39)61-6/h18-21,32-37,44-45H,11-17,22-31H2,1-10H3/q+2/t44-,45-,55?,56?/m1/s1. The maximum Gasteiger partial charge on any atom is 0.311 e. The van der Waals surface area contributed by atoms with Crippen LogP contribution in [0.4, 0.5) is 0 Å². The van der Waals surface area contributed by atoms with Gasteiger partial charge in [-0.15, -0.1) is 0 Å². The molecule has 0 bridgehead atoms. The van der Waals surface area contributed by atoms with Crippen molar-refractivity contribution < 1.29 is 56.4 Å². The zero-order chi connectivity index (χ0) is 47.3. The first-order chi connectivity index (χ1) is 32.0. The number of carbonyl (C=O) groups excluding carboxylic acids is 1. The highest BCUT2D eigenvalue weighted by atomic mass is 16.5. The molecule has 0 aromatic heterocycles. The molecule has 12 nitrogen and oxygen atoms in total. The molecular formula is C54H76N2O10+2. The largest absolute Gasteiger partial charge is 0.493 e. The van der Waals surface area contributed by atoms with Gasteiger partial charge >= 0.3 is 5.97 Å². The van der Waals surface area contributed by atoms with Crippen LogP contribution in [0.25, 0.3) is 0 Å². The molecule has 0 saturated heterocycles. The van der Waals surface area contributed by atoms with E-state index in [1.54, 1.807) is 56.9 Å². The maximum atomic E-state index is 13.2. The number of unbranched alkanes of at least 4 members (excludes halogenated alkanes) is 6. The first-order valence-electron chi connectivity index (χ1n) is 23.7. The van der Waals surface area contributed by atoms with Crippen molar-refractivity contribution in [1.82, 2.24) is 0 Å². The molecule has 0 aliphatic carbocycles. The summed E-state index contributed by atoms with van der Waals surface area (Å²) in [5, 5.41) is 0. The fourth-order valence-electron chi connectivity index (χ4n) is 10.4. The second kappa shape index (κ2) is 23.4. The Hall–Kier alpha value is -5.33. The minimum absolute atomic E-state index is 0.0831. The van der Waals surface area contributed by atoms with Crippen LogP contribution in [0, 0.1) is 0 Å². The Morgan fingerprint density at radius 1 is 0.470 bits per heavy atom. The van der Waals surface area contributed by atoms with Crippen molar-refractivity contribution in [3.8, 4) is 46.0 Å². The van der Waals surface area contributed by atoms with Gasteiger partial charge < -0.3 is 51.6 Å². The summed E-state index contributed by atoms with van der Waals surface area (Å²) in [6.07, 6.45) is 11.7. The Morgan fingerprint density at radius 3 is 1.29 bits per heavy atom. The Balaban J connectivity index is 0.969. The number of methoxy groups -OCH3 is 8. The topological polar surface area (TPSA) is 100 Å². The smallest absolute Gasteiger partial charge is 0.311 e. The summed E-state index contributed by atoms with van der Waals surface area (Å²) < 4.78 is 52.8. The molecule has 4 aromatic rings. The first-order valence-corrected chi connectivity index (χ1v) is 23.7. The summed E-state index contributed by atoms with van der Waals surface area (Å²) in [6, 6.07) is 21.3. The number of hydrogen-bond acceptors (Lipinski definition) is 10. The van der Waals surface area contributed by atoms with Crippen LogP contribution in [0.5, 0.6) is 46.0 Å². The lowest BCUT2D eigenvalue weighted by Gasteiger charge is -2.46. The molecule has 12 heteroatoms. The van der Waals surface area contributed by atoms with Crippen molar-refractivity contribution in [3.63, 3.8) is 0 Å². The van der Waals surface area contributed by atoms with Gasteiger partial charge in [-0.2, -0.15) is 0 Å². The summed E-state index contributed by atoms with van der Waals surface area (Å²) >= 11 is 0. The molecule has 0 radical (unpaired) electrons. The van der Waals surface area contributed by atoms with Crippen LogP contribution in [0.2, 0.25) is 0 Å². The molecule has 2 aliphatic rings. The average molecular weight is 913 g/mol. The van der Waals surface area contributed by atoms with Gasteiger partial charge in [0.2, 0.25) is 0 Å². The summed E-state index contributed by atoms with van der Waals surface area (Å²) in [5.74, 6) is 5.77. The molecule has 0 saturated carbocycles. The SMILES string of the molecule is COc1ccc(C[C@@H]2c3cc(OC)c(OC)cc3CC[N+]2(C)CCCCCCCCCOC(=O)CC[N+]2(C)CCc3cc(OC)c(OC)cc3[C@H]2Cc2ccc(OC)c(OC)c2)cc1OC. The summed E-state index contributed by atoms with van der Waals surface area (Å²) in [4.78, 5) is 13.2. The predicted molar refractivity (Wildman–Crippen MR) is 258 cm³/mol. The van der Waals surface area contributed by atoms with Gasteiger partial charge in [-0.05, 0) is 90.0 Å². The highest BCUT2D eigenvalue weighted by Gasteiger charge is 2.42. The van der Waals surface area contributed by atoms with Crippen LogP contribution in [0.3, 0.4) is 0 Å². The van der Waals surface area contributed by atoms with E-state index in [4.69, 9.17) is 42.6 Å². The van der Waals surface area contributed by atoms with Crippen molar-refractivity contribution in [1.29, 1.82) is 0 Å². The molecule has 6 rings (SSSR count). The molecule has 0 amide bonds. The van der Waals surface area contributed by atoms with Gasteiger partial charge in [0.25, 0.3) is 0 Å². The minimum atomic E-state index is -0.128. The van der Waals surface area contributed by atoms with Crippen molar-refractivity contribution >= 4 is 5.97 Å². The van der Waals surface area contributed by atoms with E-state index in [9.17, 15) is 4.79 Å². The van der Waals surface area contributed by atoms with Crippen molar-refractivity contribution in [3.05, 3.63) is 94.0 Å². The zero-order valence-electron chi connectivity index (χ0n) is 41.4. The highest BCUT2D eigenvalue weighted by molar-refractivity contribution is 5.69. The molecule has 2 unspecified atom stereocenters. The lowest BCUT2D eigenvalue weighted by atomic mass is 9.86. The van der Waals surface area contributed by atoms with Crippen LogP contribution in [0.15, 0.2) is 60.7 Å². The number of nitrogens with zero attached hydrogens (tertiary/aromatic N) is 2. The van der Waals surface area contributed by atoms with Gasteiger partial charge in [-0.3, -0.25) is 4.79 Å². The molecule has 4 atom stereocenters. The van der Waals surface area contributed by atoms with Crippen LogP contribution >= 0.6 is 0 Å².